The molecule has 12 rings (SSSR count). The van der Waals surface area contributed by atoms with Crippen LogP contribution >= 0.6 is 0 Å². The van der Waals surface area contributed by atoms with E-state index in [0.717, 1.165) is 55.3 Å². The second-order valence-corrected chi connectivity index (χ2v) is 15.6. The minimum atomic E-state index is 0.615. The molecule has 0 spiro atoms. The van der Waals surface area contributed by atoms with E-state index in [9.17, 15) is 0 Å². The third-order valence-electron chi connectivity index (χ3n) is 12.0. The second-order valence-electron chi connectivity index (χ2n) is 15.6. The van der Waals surface area contributed by atoms with Crippen LogP contribution in [0, 0.1) is 0 Å². The van der Waals surface area contributed by atoms with Crippen molar-refractivity contribution in [3.8, 4) is 62.1 Å². The summed E-state index contributed by atoms with van der Waals surface area (Å²) in [6, 6.07) is 77.7. The second kappa shape index (κ2) is 14.3. The summed E-state index contributed by atoms with van der Waals surface area (Å²) in [4.78, 5) is 15.6. The van der Waals surface area contributed by atoms with E-state index in [2.05, 4.69) is 205 Å². The van der Waals surface area contributed by atoms with Gasteiger partial charge in [0.15, 0.2) is 17.5 Å². The molecule has 0 unspecified atom stereocenters. The molecule has 4 heteroatoms. The largest absolute Gasteiger partial charge is 0.309 e. The molecule has 0 aliphatic carbocycles. The molecule has 12 aromatic rings. The van der Waals surface area contributed by atoms with Crippen molar-refractivity contribution in [2.45, 2.75) is 0 Å². The minimum absolute atomic E-state index is 0.615. The lowest BCUT2D eigenvalue weighted by Gasteiger charge is -2.17. The lowest BCUT2D eigenvalue weighted by atomic mass is 9.97. The van der Waals surface area contributed by atoms with Crippen LogP contribution in [0.15, 0.2) is 218 Å². The zero-order chi connectivity index (χ0) is 40.3. The Kier molecular flexibility index (Phi) is 8.13. The van der Waals surface area contributed by atoms with Gasteiger partial charge in [0.25, 0.3) is 0 Å². The van der Waals surface area contributed by atoms with Crippen LogP contribution in [0.1, 0.15) is 0 Å². The van der Waals surface area contributed by atoms with E-state index < -0.39 is 0 Å². The Morgan fingerprint density at radius 2 is 0.820 bits per heavy atom. The molecule has 2 heterocycles. The van der Waals surface area contributed by atoms with Crippen molar-refractivity contribution in [1.29, 1.82) is 0 Å². The van der Waals surface area contributed by atoms with Crippen molar-refractivity contribution >= 4 is 54.1 Å². The highest BCUT2D eigenvalue weighted by Crippen LogP contribution is 2.42. The maximum Gasteiger partial charge on any atom is 0.164 e. The Morgan fingerprint density at radius 1 is 0.279 bits per heavy atom. The van der Waals surface area contributed by atoms with Crippen molar-refractivity contribution in [1.82, 2.24) is 19.5 Å². The van der Waals surface area contributed by atoms with Gasteiger partial charge in [-0.15, -0.1) is 0 Å². The van der Waals surface area contributed by atoms with Gasteiger partial charge in [-0.1, -0.05) is 182 Å². The molecule has 284 valence electrons. The number of rotatable bonds is 6. The molecule has 0 amide bonds. The molecular weight excluding hydrogens is 741 g/mol. The van der Waals surface area contributed by atoms with Gasteiger partial charge in [0.1, 0.15) is 0 Å². The van der Waals surface area contributed by atoms with Gasteiger partial charge < -0.3 is 4.57 Å². The monoisotopic (exact) mass is 776 g/mol. The number of aromatic nitrogens is 4. The Balaban J connectivity index is 1.13. The van der Waals surface area contributed by atoms with E-state index in [1.54, 1.807) is 0 Å². The zero-order valence-corrected chi connectivity index (χ0v) is 33.1. The SMILES string of the molecule is c1ccc(-c2ccc(-c3cc(-c4nc(-c5ccccc5)nc(-c5cccc6ccccc56)n4)ccc3-n3c4cc5ccccc5cc4c4c5ccccc5ccc43)cc2)cc1. The molecule has 4 nitrogen and oxygen atoms in total. The van der Waals surface area contributed by atoms with E-state index in [4.69, 9.17) is 15.0 Å². The summed E-state index contributed by atoms with van der Waals surface area (Å²) in [7, 11) is 0. The molecule has 2 aromatic heterocycles. The van der Waals surface area contributed by atoms with Crippen LogP contribution in [-0.4, -0.2) is 19.5 Å². The van der Waals surface area contributed by atoms with Crippen molar-refractivity contribution in [2.24, 2.45) is 0 Å². The summed E-state index contributed by atoms with van der Waals surface area (Å²) in [5.41, 5.74) is 10.7. The van der Waals surface area contributed by atoms with E-state index in [1.807, 2.05) is 18.2 Å². The average molecular weight is 777 g/mol. The van der Waals surface area contributed by atoms with Crippen LogP contribution in [0.3, 0.4) is 0 Å². The molecule has 0 aliphatic rings. The first kappa shape index (κ1) is 34.8. The summed E-state index contributed by atoms with van der Waals surface area (Å²) in [5, 5.41) is 9.60. The fourth-order valence-electron chi connectivity index (χ4n) is 9.07. The first-order valence-corrected chi connectivity index (χ1v) is 20.7. The molecule has 0 fully saturated rings. The summed E-state index contributed by atoms with van der Waals surface area (Å²) < 4.78 is 2.46. The van der Waals surface area contributed by atoms with Gasteiger partial charge in [-0.05, 0) is 85.4 Å². The van der Waals surface area contributed by atoms with Gasteiger partial charge in [0.05, 0.1) is 16.7 Å². The van der Waals surface area contributed by atoms with Gasteiger partial charge in [0.2, 0.25) is 0 Å². The van der Waals surface area contributed by atoms with Gasteiger partial charge in [0, 0.05) is 33.0 Å². The Hall–Kier alpha value is -8.21. The molecular formula is C57H36N4. The molecule has 0 saturated carbocycles. The summed E-state index contributed by atoms with van der Waals surface area (Å²) in [6.07, 6.45) is 0. The Bertz CT molecular complexity index is 3620. The molecule has 0 aliphatic heterocycles. The fraction of sp³-hybridized carbons (Fsp3) is 0. The summed E-state index contributed by atoms with van der Waals surface area (Å²) in [5.74, 6) is 1.89. The Labute approximate surface area is 352 Å². The van der Waals surface area contributed by atoms with Crippen LogP contribution in [0.5, 0.6) is 0 Å². The average Bonchev–Trinajstić information content (AvgIpc) is 3.66. The van der Waals surface area contributed by atoms with Gasteiger partial charge in [-0.25, -0.2) is 15.0 Å². The van der Waals surface area contributed by atoms with Crippen LogP contribution in [0.25, 0.3) is 116 Å². The van der Waals surface area contributed by atoms with Crippen molar-refractivity contribution in [3.05, 3.63) is 218 Å². The molecule has 10 aromatic carbocycles. The highest BCUT2D eigenvalue weighted by Gasteiger charge is 2.21. The fourth-order valence-corrected chi connectivity index (χ4v) is 9.07. The predicted octanol–water partition coefficient (Wildman–Crippen LogP) is 14.8. The van der Waals surface area contributed by atoms with Gasteiger partial charge in [-0.3, -0.25) is 0 Å². The molecule has 0 saturated heterocycles. The van der Waals surface area contributed by atoms with E-state index in [-0.39, 0.29) is 0 Å². The van der Waals surface area contributed by atoms with Crippen LogP contribution in [-0.2, 0) is 0 Å². The first-order chi connectivity index (χ1) is 30.2. The van der Waals surface area contributed by atoms with Gasteiger partial charge >= 0.3 is 0 Å². The maximum atomic E-state index is 5.27. The topological polar surface area (TPSA) is 43.6 Å². The van der Waals surface area contributed by atoms with Crippen molar-refractivity contribution in [2.75, 3.05) is 0 Å². The Morgan fingerprint density at radius 3 is 1.57 bits per heavy atom. The molecule has 0 radical (unpaired) electrons. The predicted molar refractivity (Wildman–Crippen MR) is 254 cm³/mol. The highest BCUT2D eigenvalue weighted by molar-refractivity contribution is 6.23. The first-order valence-electron chi connectivity index (χ1n) is 20.7. The minimum Gasteiger partial charge on any atom is -0.309 e. The molecule has 0 N–H and O–H groups in total. The number of hydrogen-bond acceptors (Lipinski definition) is 3. The molecule has 0 bridgehead atoms. The van der Waals surface area contributed by atoms with Gasteiger partial charge in [-0.2, -0.15) is 0 Å². The van der Waals surface area contributed by atoms with E-state index in [0.29, 0.717) is 17.5 Å². The van der Waals surface area contributed by atoms with Crippen LogP contribution in [0.2, 0.25) is 0 Å². The quantitative estimate of drug-likeness (QED) is 0.169. The molecule has 61 heavy (non-hydrogen) atoms. The van der Waals surface area contributed by atoms with E-state index >= 15 is 0 Å². The summed E-state index contributed by atoms with van der Waals surface area (Å²) in [6.45, 7) is 0. The number of benzene rings is 10. The smallest absolute Gasteiger partial charge is 0.164 e. The summed E-state index contributed by atoms with van der Waals surface area (Å²) >= 11 is 0. The molecule has 0 atom stereocenters. The lowest BCUT2D eigenvalue weighted by Crippen LogP contribution is -2.02. The third kappa shape index (κ3) is 5.96. The van der Waals surface area contributed by atoms with Crippen LogP contribution in [0.4, 0.5) is 0 Å². The van der Waals surface area contributed by atoms with E-state index in [1.165, 1.54) is 43.4 Å². The lowest BCUT2D eigenvalue weighted by molar-refractivity contribution is 1.07. The highest BCUT2D eigenvalue weighted by atomic mass is 15.0. The van der Waals surface area contributed by atoms with Crippen molar-refractivity contribution in [3.63, 3.8) is 0 Å². The number of hydrogen-bond donors (Lipinski definition) is 0. The number of nitrogens with zero attached hydrogens (tertiary/aromatic N) is 4. The maximum absolute atomic E-state index is 5.27. The van der Waals surface area contributed by atoms with Crippen molar-refractivity contribution < 1.29 is 0 Å². The third-order valence-corrected chi connectivity index (χ3v) is 12.0. The standard InChI is InChI=1S/C57H36N4/c1-3-14-37(15-4-1)38-26-28-41(29-27-38)49-35-45(56-58-55(42-18-5-2-6-19-42)59-57(60-56)48-25-13-22-39-16-9-11-23-46(39)48)31-32-51(49)61-52-33-30-40-17-10-12-24-47(40)54(52)50-34-43-20-7-8-21-44(43)36-53(50)61/h1-36H. The normalized spacial score (nSPS) is 11.6. The zero-order valence-electron chi connectivity index (χ0n) is 33.1. The van der Waals surface area contributed by atoms with Crippen LogP contribution < -0.4 is 0 Å². The number of fused-ring (bicyclic) bond motifs is 7.